The minimum absolute atomic E-state index is 0.0678. The van der Waals surface area contributed by atoms with Crippen LogP contribution < -0.4 is 5.32 Å². The van der Waals surface area contributed by atoms with Crippen LogP contribution in [-0.4, -0.2) is 81.7 Å². The van der Waals surface area contributed by atoms with Crippen LogP contribution in [0.1, 0.15) is 20.3 Å². The Labute approximate surface area is 139 Å². The number of sulfone groups is 1. The molecule has 1 unspecified atom stereocenters. The van der Waals surface area contributed by atoms with Gasteiger partial charge in [0.05, 0.1) is 25.5 Å². The van der Waals surface area contributed by atoms with Crippen LogP contribution in [0, 0.1) is 0 Å². The zero-order valence-electron chi connectivity index (χ0n) is 13.9. The predicted molar refractivity (Wildman–Crippen MR) is 94.6 cm³/mol. The first kappa shape index (κ1) is 19.6. The smallest absolute Gasteiger partial charge is 0.194 e. The van der Waals surface area contributed by atoms with E-state index in [0.717, 1.165) is 31.3 Å². The van der Waals surface area contributed by atoms with Crippen LogP contribution in [0.4, 0.5) is 0 Å². The quantitative estimate of drug-likeness (QED) is 0.397. The van der Waals surface area contributed by atoms with Gasteiger partial charge < -0.3 is 15.0 Å². The van der Waals surface area contributed by atoms with Crippen molar-refractivity contribution in [2.24, 2.45) is 4.99 Å². The summed E-state index contributed by atoms with van der Waals surface area (Å²) in [5.74, 6) is 2.14. The molecule has 1 atom stereocenters. The molecule has 1 heterocycles. The van der Waals surface area contributed by atoms with Gasteiger partial charge in [-0.05, 0) is 13.3 Å². The zero-order chi connectivity index (χ0) is 16.4. The lowest BCUT2D eigenvalue weighted by molar-refractivity contribution is 0.157. The summed E-state index contributed by atoms with van der Waals surface area (Å²) >= 11 is 2.03. The number of hydrogen-bond donors (Lipinski definition) is 1. The lowest BCUT2D eigenvalue weighted by Crippen LogP contribution is -2.48. The van der Waals surface area contributed by atoms with Crippen molar-refractivity contribution in [3.63, 3.8) is 0 Å². The van der Waals surface area contributed by atoms with E-state index in [4.69, 9.17) is 4.74 Å². The number of thioether (sulfide) groups is 1. The minimum atomic E-state index is -2.95. The van der Waals surface area contributed by atoms with Crippen molar-refractivity contribution >= 4 is 27.6 Å². The molecule has 22 heavy (non-hydrogen) atoms. The largest absolute Gasteiger partial charge is 0.378 e. The van der Waals surface area contributed by atoms with E-state index in [-0.39, 0.29) is 12.4 Å². The SMILES string of the molecule is CCNC(=NCCOCCS(C)(=O)=O)N1CCSC(CC)C1. The van der Waals surface area contributed by atoms with Crippen LogP contribution in [0.5, 0.6) is 0 Å². The number of hydrogen-bond acceptors (Lipinski definition) is 5. The Morgan fingerprint density at radius 2 is 2.18 bits per heavy atom. The van der Waals surface area contributed by atoms with Gasteiger partial charge in [0.15, 0.2) is 5.96 Å². The van der Waals surface area contributed by atoms with E-state index in [1.54, 1.807) is 0 Å². The van der Waals surface area contributed by atoms with Crippen molar-refractivity contribution in [1.82, 2.24) is 10.2 Å². The highest BCUT2D eigenvalue weighted by atomic mass is 32.2. The van der Waals surface area contributed by atoms with E-state index in [1.807, 2.05) is 11.8 Å². The summed E-state index contributed by atoms with van der Waals surface area (Å²) in [6.07, 6.45) is 2.39. The molecule has 0 aromatic heterocycles. The van der Waals surface area contributed by atoms with Gasteiger partial charge in [-0.1, -0.05) is 6.92 Å². The average Bonchev–Trinajstić information content (AvgIpc) is 2.48. The number of ether oxygens (including phenoxy) is 1. The first-order valence-corrected chi connectivity index (χ1v) is 11.0. The van der Waals surface area contributed by atoms with Crippen LogP contribution in [0.2, 0.25) is 0 Å². The van der Waals surface area contributed by atoms with E-state index in [9.17, 15) is 8.42 Å². The van der Waals surface area contributed by atoms with Crippen LogP contribution in [0.3, 0.4) is 0 Å². The summed E-state index contributed by atoms with van der Waals surface area (Å²) in [7, 11) is -2.95. The Kier molecular flexibility index (Phi) is 9.19. The monoisotopic (exact) mass is 351 g/mol. The van der Waals surface area contributed by atoms with E-state index in [1.165, 1.54) is 12.7 Å². The van der Waals surface area contributed by atoms with Crippen LogP contribution in [-0.2, 0) is 14.6 Å². The molecule has 0 saturated carbocycles. The molecule has 0 aromatic carbocycles. The van der Waals surface area contributed by atoms with Gasteiger partial charge in [-0.2, -0.15) is 11.8 Å². The predicted octanol–water partition coefficient (Wildman–Crippen LogP) is 0.841. The van der Waals surface area contributed by atoms with Gasteiger partial charge in [-0.25, -0.2) is 8.42 Å². The van der Waals surface area contributed by atoms with Gasteiger partial charge in [-0.3, -0.25) is 4.99 Å². The summed E-state index contributed by atoms with van der Waals surface area (Å²) < 4.78 is 27.3. The molecule has 1 aliphatic rings. The molecule has 0 spiro atoms. The highest BCUT2D eigenvalue weighted by Gasteiger charge is 2.21. The van der Waals surface area contributed by atoms with Gasteiger partial charge in [0.2, 0.25) is 0 Å². The third-order valence-corrected chi connectivity index (χ3v) is 5.60. The molecule has 0 radical (unpaired) electrons. The van der Waals surface area contributed by atoms with E-state index >= 15 is 0 Å². The maximum Gasteiger partial charge on any atom is 0.194 e. The number of nitrogens with one attached hydrogen (secondary N) is 1. The molecule has 1 saturated heterocycles. The Morgan fingerprint density at radius 3 is 2.82 bits per heavy atom. The molecular weight excluding hydrogens is 322 g/mol. The highest BCUT2D eigenvalue weighted by Crippen LogP contribution is 2.20. The fourth-order valence-electron chi connectivity index (χ4n) is 2.11. The lowest BCUT2D eigenvalue weighted by Gasteiger charge is -2.34. The molecule has 1 rings (SSSR count). The van der Waals surface area contributed by atoms with Crippen molar-refractivity contribution in [3.8, 4) is 0 Å². The maximum atomic E-state index is 11.0. The summed E-state index contributed by atoms with van der Waals surface area (Å²) in [6, 6.07) is 0. The third kappa shape index (κ3) is 8.24. The summed E-state index contributed by atoms with van der Waals surface area (Å²) in [5, 5.41) is 4.00. The van der Waals surface area contributed by atoms with Crippen molar-refractivity contribution in [3.05, 3.63) is 0 Å². The van der Waals surface area contributed by atoms with Crippen molar-refractivity contribution in [2.45, 2.75) is 25.5 Å². The van der Waals surface area contributed by atoms with Crippen molar-refractivity contribution in [2.75, 3.05) is 57.2 Å². The van der Waals surface area contributed by atoms with Crippen LogP contribution >= 0.6 is 11.8 Å². The highest BCUT2D eigenvalue weighted by molar-refractivity contribution is 8.00. The molecule has 0 bridgehead atoms. The van der Waals surface area contributed by atoms with Crippen molar-refractivity contribution in [1.29, 1.82) is 0 Å². The third-order valence-electron chi connectivity index (χ3n) is 3.32. The molecule has 8 heteroatoms. The standard InChI is InChI=1S/C14H29N3O3S2/c1-4-13-12-17(7-10-21-13)14(15-5-2)16-6-8-20-9-11-22(3,18)19/h13H,4-12H2,1-3H3,(H,15,16). The Morgan fingerprint density at radius 1 is 1.41 bits per heavy atom. The molecule has 0 amide bonds. The molecule has 130 valence electrons. The van der Waals surface area contributed by atoms with Gasteiger partial charge in [-0.15, -0.1) is 0 Å². The Balaban J connectivity index is 2.38. The number of rotatable bonds is 8. The Bertz CT molecular complexity index is 441. The van der Waals surface area contributed by atoms with Crippen LogP contribution in [0.25, 0.3) is 0 Å². The first-order valence-electron chi connectivity index (χ1n) is 7.86. The zero-order valence-corrected chi connectivity index (χ0v) is 15.5. The maximum absolute atomic E-state index is 11.0. The van der Waals surface area contributed by atoms with E-state index < -0.39 is 9.84 Å². The summed E-state index contributed by atoms with van der Waals surface area (Å²) in [4.78, 5) is 6.90. The molecule has 0 aliphatic carbocycles. The molecule has 0 aromatic rings. The fraction of sp³-hybridized carbons (Fsp3) is 0.929. The molecule has 1 aliphatic heterocycles. The normalized spacial score (nSPS) is 20.2. The van der Waals surface area contributed by atoms with E-state index in [2.05, 4.69) is 29.1 Å². The van der Waals surface area contributed by atoms with Gasteiger partial charge >= 0.3 is 0 Å². The van der Waals surface area contributed by atoms with Crippen LogP contribution in [0.15, 0.2) is 4.99 Å². The second kappa shape index (κ2) is 10.3. The number of aliphatic imine (C=N–C) groups is 1. The summed E-state index contributed by atoms with van der Waals surface area (Å²) in [6.45, 7) is 8.41. The minimum Gasteiger partial charge on any atom is -0.378 e. The molecular formula is C14H29N3O3S2. The second-order valence-electron chi connectivity index (χ2n) is 5.32. The molecule has 6 nitrogen and oxygen atoms in total. The fourth-order valence-corrected chi connectivity index (χ4v) is 3.71. The number of nitrogens with zero attached hydrogens (tertiary/aromatic N) is 2. The summed E-state index contributed by atoms with van der Waals surface area (Å²) in [5.41, 5.74) is 0. The topological polar surface area (TPSA) is 71.0 Å². The average molecular weight is 352 g/mol. The van der Waals surface area contributed by atoms with Gasteiger partial charge in [0.1, 0.15) is 9.84 Å². The van der Waals surface area contributed by atoms with Crippen molar-refractivity contribution < 1.29 is 13.2 Å². The first-order chi connectivity index (χ1) is 10.5. The molecule has 1 N–H and O–H groups in total. The lowest BCUT2D eigenvalue weighted by atomic mass is 10.3. The Hall–Kier alpha value is -0.470. The van der Waals surface area contributed by atoms with Gasteiger partial charge in [0, 0.05) is 36.9 Å². The number of guanidine groups is 1. The second-order valence-corrected chi connectivity index (χ2v) is 8.99. The molecule has 1 fully saturated rings. The van der Waals surface area contributed by atoms with E-state index in [0.29, 0.717) is 18.4 Å². The van der Waals surface area contributed by atoms with Gasteiger partial charge in [0.25, 0.3) is 0 Å².